The van der Waals surface area contributed by atoms with Gasteiger partial charge >= 0.3 is 13.8 Å². The molecule has 0 aromatic heterocycles. The fourth-order valence-corrected chi connectivity index (χ4v) is 5.79. The highest BCUT2D eigenvalue weighted by Gasteiger charge is 2.60. The molecule has 2 saturated heterocycles. The number of phosphoric ester groups is 1. The Kier molecular flexibility index (Phi) is 8.20. The zero-order valence-corrected chi connectivity index (χ0v) is 21.7. The van der Waals surface area contributed by atoms with Crippen LogP contribution in [0.2, 0.25) is 5.02 Å². The standard InChI is InChI=1S/C23H27ClFN2O9P/c1-13(26)21(30)35-20-18(34-22(23(20,2)25)27-8-6-16(28)11-19(27)29)12-33-37(31)32-9-7-17(36-37)14-4-3-5-15(24)10-14/h3-6,8,10,13,17-18,20,22H,7,9,11-12,26H2,1-2H3/t13-,17-,18+,20+,22+,23+,37+/m0/s1. The van der Waals surface area contributed by atoms with E-state index in [9.17, 15) is 18.9 Å². The molecule has 14 heteroatoms. The van der Waals surface area contributed by atoms with Crippen LogP contribution in [0, 0.1) is 0 Å². The Bertz CT molecular complexity index is 1150. The normalized spacial score (nSPS) is 35.0. The lowest BCUT2D eigenvalue weighted by molar-refractivity contribution is -0.159. The number of carbonyl (C=O) groups is 3. The Morgan fingerprint density at radius 3 is 2.84 bits per heavy atom. The molecule has 0 radical (unpaired) electrons. The quantitative estimate of drug-likeness (QED) is 0.300. The second-order valence-electron chi connectivity index (χ2n) is 9.10. The lowest BCUT2D eigenvalue weighted by atomic mass is 9.97. The Balaban J connectivity index is 1.52. The van der Waals surface area contributed by atoms with Gasteiger partial charge in [-0.25, -0.2) is 8.96 Å². The average Bonchev–Trinajstić information content (AvgIpc) is 3.07. The Hall–Kier alpha value is -2.18. The largest absolute Gasteiger partial charge is 0.475 e. The van der Waals surface area contributed by atoms with Gasteiger partial charge in [0.15, 0.2) is 23.8 Å². The maximum atomic E-state index is 16.1. The topological polar surface area (TPSA) is 144 Å². The van der Waals surface area contributed by atoms with Crippen LogP contribution in [0.4, 0.5) is 4.39 Å². The van der Waals surface area contributed by atoms with E-state index in [1.54, 1.807) is 24.3 Å². The second kappa shape index (κ2) is 10.9. The van der Waals surface area contributed by atoms with Gasteiger partial charge in [-0.15, -0.1) is 0 Å². The molecule has 2 fully saturated rings. The van der Waals surface area contributed by atoms with Gasteiger partial charge in [-0.2, -0.15) is 0 Å². The van der Waals surface area contributed by atoms with Crippen molar-refractivity contribution in [3.8, 4) is 0 Å². The summed E-state index contributed by atoms with van der Waals surface area (Å²) in [6.07, 6.45) is -3.00. The van der Waals surface area contributed by atoms with E-state index in [0.717, 1.165) is 24.1 Å². The van der Waals surface area contributed by atoms with Crippen molar-refractivity contribution in [1.29, 1.82) is 0 Å². The van der Waals surface area contributed by atoms with Gasteiger partial charge in [0.25, 0.3) is 0 Å². The number of ketones is 1. The van der Waals surface area contributed by atoms with E-state index in [-0.39, 0.29) is 6.61 Å². The number of benzene rings is 1. The first-order valence-corrected chi connectivity index (χ1v) is 13.4. The molecular formula is C23H27ClFN2O9P. The highest BCUT2D eigenvalue weighted by Crippen LogP contribution is 2.57. The summed E-state index contributed by atoms with van der Waals surface area (Å²) in [4.78, 5) is 37.2. The summed E-state index contributed by atoms with van der Waals surface area (Å²) in [6.45, 7) is 1.92. The van der Waals surface area contributed by atoms with Gasteiger partial charge in [-0.05, 0) is 37.6 Å². The van der Waals surface area contributed by atoms with Crippen LogP contribution in [-0.2, 0) is 42.0 Å². The van der Waals surface area contributed by atoms with Crippen molar-refractivity contribution in [2.75, 3.05) is 13.2 Å². The maximum absolute atomic E-state index is 16.1. The van der Waals surface area contributed by atoms with Gasteiger partial charge < -0.3 is 15.2 Å². The summed E-state index contributed by atoms with van der Waals surface area (Å²) in [5.74, 6) is -2.06. The van der Waals surface area contributed by atoms with Crippen LogP contribution in [0.5, 0.6) is 0 Å². The first-order valence-electron chi connectivity index (χ1n) is 11.6. The van der Waals surface area contributed by atoms with E-state index in [2.05, 4.69) is 0 Å². The number of esters is 1. The molecule has 1 aromatic carbocycles. The lowest BCUT2D eigenvalue weighted by Crippen LogP contribution is -2.53. The fraction of sp³-hybridized carbons (Fsp3) is 0.522. The van der Waals surface area contributed by atoms with Crippen LogP contribution in [0.1, 0.15) is 38.4 Å². The molecular weight excluding hydrogens is 534 g/mol. The molecule has 1 amide bonds. The molecule has 3 aliphatic heterocycles. The number of hydrogen-bond donors (Lipinski definition) is 1. The van der Waals surface area contributed by atoms with Gasteiger partial charge in [0.1, 0.15) is 12.1 Å². The summed E-state index contributed by atoms with van der Waals surface area (Å²) < 4.78 is 56.7. The summed E-state index contributed by atoms with van der Waals surface area (Å²) in [7, 11) is -4.15. The number of amides is 1. The molecule has 3 aliphatic rings. The number of allylic oxidation sites excluding steroid dienone is 1. The fourth-order valence-electron chi connectivity index (χ4n) is 4.19. The third-order valence-electron chi connectivity index (χ3n) is 6.09. The number of phosphoric acid groups is 1. The summed E-state index contributed by atoms with van der Waals surface area (Å²) in [5, 5.41) is 0.470. The number of ether oxygens (including phenoxy) is 2. The second-order valence-corrected chi connectivity index (χ2v) is 11.2. The SMILES string of the molecule is C[C@H](N)C(=O)O[C@@H]1[C@@H](CO[P@@]2(=O)OCC[C@@H](c3cccc(Cl)c3)O2)O[C@@H](N2C=CC(=O)CC2=O)[C@]1(C)F. The maximum Gasteiger partial charge on any atom is 0.475 e. The molecule has 7 atom stereocenters. The monoisotopic (exact) mass is 560 g/mol. The molecule has 0 bridgehead atoms. The number of hydrogen-bond acceptors (Lipinski definition) is 10. The first-order chi connectivity index (χ1) is 17.4. The molecule has 1 aromatic rings. The molecule has 0 aliphatic carbocycles. The van der Waals surface area contributed by atoms with Crippen LogP contribution < -0.4 is 5.73 Å². The Morgan fingerprint density at radius 1 is 1.41 bits per heavy atom. The van der Waals surface area contributed by atoms with Gasteiger partial charge in [-0.1, -0.05) is 23.7 Å². The number of nitrogens with two attached hydrogens (primary N) is 1. The van der Waals surface area contributed by atoms with Gasteiger partial charge in [0, 0.05) is 17.6 Å². The molecule has 0 saturated carbocycles. The third kappa shape index (κ3) is 6.12. The lowest BCUT2D eigenvalue weighted by Gasteiger charge is -2.33. The van der Waals surface area contributed by atoms with Crippen LogP contribution >= 0.6 is 19.4 Å². The van der Waals surface area contributed by atoms with Crippen molar-refractivity contribution in [2.24, 2.45) is 5.73 Å². The molecule has 11 nitrogen and oxygen atoms in total. The number of rotatable bonds is 7. The predicted octanol–water partition coefficient (Wildman–Crippen LogP) is 2.97. The zero-order chi connectivity index (χ0) is 27.0. The zero-order valence-electron chi connectivity index (χ0n) is 20.1. The molecule has 2 N–H and O–H groups in total. The van der Waals surface area contributed by atoms with Gasteiger partial charge in [-0.3, -0.25) is 32.9 Å². The van der Waals surface area contributed by atoms with E-state index in [0.29, 0.717) is 17.0 Å². The number of nitrogens with zero attached hydrogens (tertiary/aromatic N) is 1. The number of carbonyl (C=O) groups excluding carboxylic acids is 3. The molecule has 4 rings (SSSR count). The summed E-state index contributed by atoms with van der Waals surface area (Å²) >= 11 is 6.04. The van der Waals surface area contributed by atoms with Crippen LogP contribution in [-0.4, -0.2) is 65.9 Å². The van der Waals surface area contributed by atoms with E-state index in [1.807, 2.05) is 0 Å². The number of halogens is 2. The molecule has 0 spiro atoms. The van der Waals surface area contributed by atoms with E-state index in [4.69, 9.17) is 40.4 Å². The highest BCUT2D eigenvalue weighted by atomic mass is 35.5. The molecule has 3 heterocycles. The summed E-state index contributed by atoms with van der Waals surface area (Å²) in [5.41, 5.74) is 3.79. The number of alkyl halides is 1. The Labute approximate surface area is 217 Å². The van der Waals surface area contributed by atoms with E-state index < -0.39 is 74.8 Å². The highest BCUT2D eigenvalue weighted by molar-refractivity contribution is 7.48. The molecule has 37 heavy (non-hydrogen) atoms. The Morgan fingerprint density at radius 2 is 2.16 bits per heavy atom. The van der Waals surface area contributed by atoms with Gasteiger partial charge in [0.05, 0.1) is 25.7 Å². The van der Waals surface area contributed by atoms with Crippen LogP contribution in [0.15, 0.2) is 36.5 Å². The van der Waals surface area contributed by atoms with Crippen LogP contribution in [0.3, 0.4) is 0 Å². The van der Waals surface area contributed by atoms with Crippen molar-refractivity contribution in [1.82, 2.24) is 4.90 Å². The third-order valence-corrected chi connectivity index (χ3v) is 7.80. The van der Waals surface area contributed by atoms with Crippen LogP contribution in [0.25, 0.3) is 0 Å². The minimum absolute atomic E-state index is 0.0492. The molecule has 0 unspecified atom stereocenters. The van der Waals surface area contributed by atoms with E-state index >= 15 is 4.39 Å². The van der Waals surface area contributed by atoms with Crippen molar-refractivity contribution in [3.63, 3.8) is 0 Å². The minimum Gasteiger partial charge on any atom is -0.455 e. The predicted molar refractivity (Wildman–Crippen MR) is 127 cm³/mol. The van der Waals surface area contributed by atoms with Gasteiger partial charge in [0.2, 0.25) is 5.91 Å². The molecule has 202 valence electrons. The smallest absolute Gasteiger partial charge is 0.455 e. The van der Waals surface area contributed by atoms with Crippen molar-refractivity contribution in [3.05, 3.63) is 47.1 Å². The summed E-state index contributed by atoms with van der Waals surface area (Å²) in [6, 6.07) is 5.75. The first kappa shape index (κ1) is 27.8. The van der Waals surface area contributed by atoms with E-state index in [1.165, 1.54) is 6.92 Å². The van der Waals surface area contributed by atoms with Crippen molar-refractivity contribution in [2.45, 2.75) is 62.9 Å². The average molecular weight is 561 g/mol. The van der Waals surface area contributed by atoms with Crippen molar-refractivity contribution >= 4 is 37.1 Å². The minimum atomic E-state index is -4.15. The van der Waals surface area contributed by atoms with Crippen molar-refractivity contribution < 1.29 is 46.4 Å².